The van der Waals surface area contributed by atoms with E-state index in [0.29, 0.717) is 17.2 Å². The number of benzene rings is 2. The Morgan fingerprint density at radius 3 is 2.21 bits per heavy atom. The second-order valence-corrected chi connectivity index (χ2v) is 8.64. The fourth-order valence-electron chi connectivity index (χ4n) is 3.53. The molecule has 0 saturated heterocycles. The first kappa shape index (κ1) is 30.1. The maximum atomic E-state index is 13.5. The van der Waals surface area contributed by atoms with Crippen LogP contribution in [0, 0.1) is 5.41 Å². The van der Waals surface area contributed by atoms with Crippen LogP contribution >= 0.6 is 0 Å². The molecule has 0 aliphatic rings. The lowest BCUT2D eigenvalue weighted by Crippen LogP contribution is -2.55. The van der Waals surface area contributed by atoms with Crippen molar-refractivity contribution < 1.29 is 33.7 Å². The molecule has 2 atom stereocenters. The van der Waals surface area contributed by atoms with E-state index in [1.165, 1.54) is 21.1 Å². The van der Waals surface area contributed by atoms with Crippen LogP contribution in [0.4, 0.5) is 0 Å². The number of aliphatic carboxylic acids is 1. The number of carboxylic acids is 1. The van der Waals surface area contributed by atoms with Gasteiger partial charge in [-0.1, -0.05) is 18.2 Å². The van der Waals surface area contributed by atoms with Gasteiger partial charge in [0.05, 0.1) is 20.6 Å². The van der Waals surface area contributed by atoms with Crippen LogP contribution in [0.5, 0.6) is 17.2 Å². The summed E-state index contributed by atoms with van der Waals surface area (Å²) < 4.78 is 16.6. The van der Waals surface area contributed by atoms with Crippen molar-refractivity contribution in [2.45, 2.75) is 44.5 Å². The molecule has 12 heteroatoms. The first-order valence-corrected chi connectivity index (χ1v) is 11.9. The monoisotopic (exact) mass is 529 g/mol. The van der Waals surface area contributed by atoms with Crippen LogP contribution in [0.25, 0.3) is 0 Å². The molecule has 2 unspecified atom stereocenters. The van der Waals surface area contributed by atoms with Crippen LogP contribution in [-0.2, 0) is 20.9 Å². The molecule has 2 aromatic rings. The minimum Gasteiger partial charge on any atom is -0.497 e. The van der Waals surface area contributed by atoms with Crippen LogP contribution < -0.4 is 31.0 Å². The highest BCUT2D eigenvalue weighted by Crippen LogP contribution is 2.24. The Hall–Kier alpha value is -4.16. The summed E-state index contributed by atoms with van der Waals surface area (Å²) in [5.74, 6) is -1.53. The number of nitrogens with zero attached hydrogens (tertiary/aromatic N) is 1. The topological polar surface area (TPSA) is 190 Å². The molecule has 2 aromatic carbocycles. The summed E-state index contributed by atoms with van der Waals surface area (Å²) in [6.45, 7) is 1.62. The fraction of sp³-hybridized carbons (Fsp3) is 0.385. The van der Waals surface area contributed by atoms with E-state index in [9.17, 15) is 14.4 Å². The Balaban J connectivity index is 2.21. The van der Waals surface area contributed by atoms with Gasteiger partial charge in [0.2, 0.25) is 17.4 Å². The molecule has 0 fully saturated rings. The van der Waals surface area contributed by atoms with Crippen LogP contribution in [0.1, 0.15) is 31.7 Å². The van der Waals surface area contributed by atoms with Gasteiger partial charge in [0, 0.05) is 19.2 Å². The second kappa shape index (κ2) is 14.0. The Kier molecular flexibility index (Phi) is 11.0. The first-order chi connectivity index (χ1) is 18.0. The third-order valence-corrected chi connectivity index (χ3v) is 5.76. The molecule has 1 amide bonds. The number of methoxy groups -OCH3 is 2. The molecule has 0 aliphatic carbocycles. The number of ether oxygens (including phenoxy) is 3. The molecule has 2 rings (SSSR count). The van der Waals surface area contributed by atoms with Crippen molar-refractivity contribution in [3.05, 3.63) is 54.1 Å². The van der Waals surface area contributed by atoms with Gasteiger partial charge in [-0.05, 0) is 49.6 Å². The van der Waals surface area contributed by atoms with E-state index >= 15 is 0 Å². The Bertz CT molecular complexity index is 1110. The number of nitrogens with two attached hydrogens (primary N) is 2. The number of amides is 1. The van der Waals surface area contributed by atoms with Crippen molar-refractivity contribution in [3.8, 4) is 17.2 Å². The second-order valence-electron chi connectivity index (χ2n) is 8.64. The number of ketones is 1. The highest BCUT2D eigenvalue weighted by Gasteiger charge is 2.37. The molecule has 0 bridgehead atoms. The van der Waals surface area contributed by atoms with Crippen LogP contribution in [-0.4, -0.2) is 66.2 Å². The van der Waals surface area contributed by atoms with Crippen molar-refractivity contribution in [3.63, 3.8) is 0 Å². The molecule has 12 nitrogen and oxygen atoms in total. The SMILES string of the molecule is COc1cc(CNC(C)(Oc2ccccc2)C(=O)CC(=O)N(CCCC(N)C(=O)O)C(=N)N)cc(OC)c1. The lowest BCUT2D eigenvalue weighted by Gasteiger charge is -2.31. The number of hydrogen-bond acceptors (Lipinski definition) is 9. The van der Waals surface area contributed by atoms with E-state index in [0.717, 1.165) is 10.5 Å². The number of guanidine groups is 1. The zero-order valence-corrected chi connectivity index (χ0v) is 21.7. The molecular weight excluding hydrogens is 494 g/mol. The number of nitrogens with one attached hydrogen (secondary N) is 2. The minimum absolute atomic E-state index is 0.0598. The molecule has 0 saturated carbocycles. The standard InChI is InChI=1S/C26H35N5O7/c1-26(38-18-8-5-4-6-9-18,30-16-17-12-19(36-2)14-20(13-17)37-3)22(32)15-23(33)31(25(28)29)11-7-10-21(27)24(34)35/h4-6,8-9,12-14,21,30H,7,10-11,15-16,27H2,1-3H3,(H3,28,29)(H,34,35). The highest BCUT2D eigenvalue weighted by molar-refractivity contribution is 6.06. The first-order valence-electron chi connectivity index (χ1n) is 11.9. The maximum absolute atomic E-state index is 13.5. The van der Waals surface area contributed by atoms with Crippen molar-refractivity contribution in [1.82, 2.24) is 10.2 Å². The Morgan fingerprint density at radius 1 is 1.08 bits per heavy atom. The van der Waals surface area contributed by atoms with E-state index in [1.54, 1.807) is 48.5 Å². The summed E-state index contributed by atoms with van der Waals surface area (Å²) in [4.78, 5) is 38.3. The van der Waals surface area contributed by atoms with Crippen LogP contribution in [0.15, 0.2) is 48.5 Å². The van der Waals surface area contributed by atoms with E-state index in [-0.39, 0.29) is 25.9 Å². The smallest absolute Gasteiger partial charge is 0.320 e. The molecule has 206 valence electrons. The van der Waals surface area contributed by atoms with Crippen LogP contribution in [0.2, 0.25) is 0 Å². The summed E-state index contributed by atoms with van der Waals surface area (Å²) in [7, 11) is 3.06. The van der Waals surface area contributed by atoms with Gasteiger partial charge in [0.1, 0.15) is 23.3 Å². The zero-order valence-electron chi connectivity index (χ0n) is 21.7. The quantitative estimate of drug-likeness (QED) is 0.0977. The molecule has 0 aliphatic heterocycles. The third-order valence-electron chi connectivity index (χ3n) is 5.76. The summed E-state index contributed by atoms with van der Waals surface area (Å²) in [6.07, 6.45) is -0.371. The number of carboxylic acid groups (broad SMARTS) is 1. The van der Waals surface area contributed by atoms with Gasteiger partial charge in [0.25, 0.3) is 0 Å². The largest absolute Gasteiger partial charge is 0.497 e. The number of para-hydroxylation sites is 1. The number of Topliss-reactive ketones (excluding diaryl/α,β-unsaturated/α-hetero) is 1. The summed E-state index contributed by atoms with van der Waals surface area (Å²) in [6, 6.07) is 12.8. The predicted octanol–water partition coefficient (Wildman–Crippen LogP) is 1.46. The molecule has 0 aromatic heterocycles. The molecule has 7 N–H and O–H groups in total. The van der Waals surface area contributed by atoms with E-state index < -0.39 is 41.8 Å². The fourth-order valence-corrected chi connectivity index (χ4v) is 3.53. The van der Waals surface area contributed by atoms with Gasteiger partial charge >= 0.3 is 5.97 Å². The van der Waals surface area contributed by atoms with Crippen molar-refractivity contribution in [2.24, 2.45) is 11.5 Å². The summed E-state index contributed by atoms with van der Waals surface area (Å²) in [5.41, 5.74) is 10.2. The number of rotatable bonds is 15. The van der Waals surface area contributed by atoms with E-state index in [2.05, 4.69) is 5.32 Å². The van der Waals surface area contributed by atoms with Gasteiger partial charge < -0.3 is 30.8 Å². The van der Waals surface area contributed by atoms with Crippen molar-refractivity contribution >= 4 is 23.6 Å². The average Bonchev–Trinajstić information content (AvgIpc) is 2.89. The van der Waals surface area contributed by atoms with Crippen molar-refractivity contribution in [1.29, 1.82) is 5.41 Å². The maximum Gasteiger partial charge on any atom is 0.320 e. The Labute approximate surface area is 221 Å². The lowest BCUT2D eigenvalue weighted by molar-refractivity contribution is -0.142. The number of carbonyl (C=O) groups is 3. The average molecular weight is 530 g/mol. The van der Waals surface area contributed by atoms with Gasteiger partial charge in [-0.15, -0.1) is 0 Å². The normalized spacial score (nSPS) is 13.1. The van der Waals surface area contributed by atoms with Gasteiger partial charge in [-0.2, -0.15) is 0 Å². The van der Waals surface area contributed by atoms with E-state index in [1.807, 2.05) is 0 Å². The third kappa shape index (κ3) is 8.75. The predicted molar refractivity (Wildman–Crippen MR) is 140 cm³/mol. The summed E-state index contributed by atoms with van der Waals surface area (Å²) >= 11 is 0. The molecule has 0 heterocycles. The van der Waals surface area contributed by atoms with Crippen LogP contribution in [0.3, 0.4) is 0 Å². The lowest BCUT2D eigenvalue weighted by atomic mass is 10.0. The molecule has 38 heavy (non-hydrogen) atoms. The van der Waals surface area contributed by atoms with Gasteiger partial charge in [-0.25, -0.2) is 0 Å². The van der Waals surface area contributed by atoms with E-state index in [4.69, 9.17) is 36.2 Å². The molecule has 0 spiro atoms. The van der Waals surface area contributed by atoms with Gasteiger partial charge in [0.15, 0.2) is 5.96 Å². The molecule has 0 radical (unpaired) electrons. The van der Waals surface area contributed by atoms with Gasteiger partial charge in [-0.3, -0.25) is 30.0 Å². The number of hydrogen-bond donors (Lipinski definition) is 5. The minimum atomic E-state index is -1.64. The summed E-state index contributed by atoms with van der Waals surface area (Å²) in [5, 5.41) is 19.8. The van der Waals surface area contributed by atoms with Crippen molar-refractivity contribution in [2.75, 3.05) is 20.8 Å². The Morgan fingerprint density at radius 2 is 1.68 bits per heavy atom. The highest BCUT2D eigenvalue weighted by atomic mass is 16.5. The number of carbonyl (C=O) groups excluding carboxylic acids is 2. The zero-order chi connectivity index (χ0) is 28.3. The molecular formula is C26H35N5O7.